The van der Waals surface area contributed by atoms with Crippen molar-refractivity contribution < 1.29 is 64.6 Å². The molecule has 0 aromatic rings. The minimum Gasteiger partial charge on any atom is -0.394 e. The molecule has 12 unspecified atom stereocenters. The SMILES string of the molecule is CC/C=C\C/C=C\C/C=C\C/C=C\C/C=C\C/C=C\CCCCCCCCCCCCCCCCCCCCCCCCC(=O)NC(COC1OC(CO)C(OC2OC(CO)C(O)C(O)C2O)C(O)C1O)C(O)/C=C/CC/C=C/CC/C=C/CCCCCCCCCC. The van der Waals surface area contributed by atoms with Gasteiger partial charge in [-0.05, 0) is 96.3 Å². The van der Waals surface area contributed by atoms with Crippen LogP contribution >= 0.6 is 0 Å². The second-order valence-corrected chi connectivity index (χ2v) is 26.0. The second kappa shape index (κ2) is 62.2. The molecule has 0 spiro atoms. The number of hydrogen-bond donors (Lipinski definition) is 9. The first-order chi connectivity index (χ1) is 45.6. The first-order valence-corrected chi connectivity index (χ1v) is 37.6. The van der Waals surface area contributed by atoms with E-state index in [0.717, 1.165) is 83.5 Å². The third-order valence-corrected chi connectivity index (χ3v) is 17.7. The predicted octanol–water partition coefficient (Wildman–Crippen LogP) is 16.3. The van der Waals surface area contributed by atoms with Crippen LogP contribution < -0.4 is 5.32 Å². The van der Waals surface area contributed by atoms with Gasteiger partial charge in [-0.2, -0.15) is 0 Å². The summed E-state index contributed by atoms with van der Waals surface area (Å²) in [5.74, 6) is -0.252. The Morgan fingerprint density at radius 1 is 0.398 bits per heavy atom. The number of aliphatic hydroxyl groups excluding tert-OH is 8. The van der Waals surface area contributed by atoms with Gasteiger partial charge in [0.25, 0.3) is 0 Å². The number of amides is 1. The molecule has 0 radical (unpaired) electrons. The van der Waals surface area contributed by atoms with E-state index >= 15 is 0 Å². The zero-order valence-corrected chi connectivity index (χ0v) is 58.5. The van der Waals surface area contributed by atoms with E-state index in [9.17, 15) is 45.6 Å². The Balaban J connectivity index is 1.58. The number of aliphatic hydroxyl groups is 8. The number of allylic oxidation sites excluding steroid dienone is 17. The second-order valence-electron chi connectivity index (χ2n) is 26.0. The largest absolute Gasteiger partial charge is 0.394 e. The molecule has 14 heteroatoms. The first kappa shape index (κ1) is 85.7. The lowest BCUT2D eigenvalue weighted by Crippen LogP contribution is -2.65. The van der Waals surface area contributed by atoms with Gasteiger partial charge in [0.05, 0.1) is 32.0 Å². The van der Waals surface area contributed by atoms with Gasteiger partial charge in [-0.3, -0.25) is 4.79 Å². The van der Waals surface area contributed by atoms with Gasteiger partial charge in [0.15, 0.2) is 12.6 Å². The smallest absolute Gasteiger partial charge is 0.220 e. The standard InChI is InChI=1S/C79H137NO13/c1-3-5-7-9-11-13-15-17-19-21-23-24-25-26-27-28-29-30-31-32-33-34-35-36-37-38-39-40-41-42-43-44-45-47-49-51-53-55-57-59-61-63-71(84)80-67(68(83)62-60-58-56-54-52-50-48-46-22-20-18-16-14-12-10-8-6-4-2)66-90-78-76(89)74(87)77(70(65-82)92-78)93-79-75(88)73(86)72(85)69(64-81)91-79/h5,7,11,13,17,19,22-24,26-27,29-30,46,52,54,60,62,67-70,72-79,81-83,85-89H,3-4,6,8-10,12,14-16,18,20-21,25,28,31-45,47-51,53,55-59,61,63-66H2,1-2H3,(H,80,84)/b7-5-,13-11-,19-17-,24-23-,27-26-,30-29-,46-22+,54-52+,62-60+. The molecule has 12 atom stereocenters. The molecule has 2 aliphatic heterocycles. The van der Waals surface area contributed by atoms with Crippen LogP contribution in [0, 0.1) is 0 Å². The van der Waals surface area contributed by atoms with E-state index in [0.29, 0.717) is 12.8 Å². The van der Waals surface area contributed by atoms with Gasteiger partial charge in [0, 0.05) is 6.42 Å². The Morgan fingerprint density at radius 2 is 0.753 bits per heavy atom. The highest BCUT2D eigenvalue weighted by Gasteiger charge is 2.51. The normalized spacial score (nSPS) is 23.2. The van der Waals surface area contributed by atoms with Crippen LogP contribution in [0.5, 0.6) is 0 Å². The van der Waals surface area contributed by atoms with Crippen molar-refractivity contribution in [2.75, 3.05) is 19.8 Å². The maximum Gasteiger partial charge on any atom is 0.220 e. The summed E-state index contributed by atoms with van der Waals surface area (Å²) in [7, 11) is 0. The number of nitrogens with one attached hydrogen (secondary N) is 1. The van der Waals surface area contributed by atoms with Gasteiger partial charge in [-0.15, -0.1) is 0 Å². The Kier molecular flexibility index (Phi) is 57.3. The summed E-state index contributed by atoms with van der Waals surface area (Å²) >= 11 is 0. The molecule has 2 saturated heterocycles. The van der Waals surface area contributed by atoms with Gasteiger partial charge >= 0.3 is 0 Å². The Hall–Kier alpha value is -3.35. The van der Waals surface area contributed by atoms with E-state index in [1.807, 2.05) is 6.08 Å². The lowest BCUT2D eigenvalue weighted by molar-refractivity contribution is -0.359. The summed E-state index contributed by atoms with van der Waals surface area (Å²) in [6.45, 7) is 2.67. The molecule has 2 rings (SSSR count). The van der Waals surface area contributed by atoms with Crippen molar-refractivity contribution in [3.8, 4) is 0 Å². The van der Waals surface area contributed by atoms with Gasteiger partial charge in [0.1, 0.15) is 48.8 Å². The molecule has 0 aromatic carbocycles. The molecule has 1 amide bonds. The molecule has 0 bridgehead atoms. The van der Waals surface area contributed by atoms with Crippen LogP contribution in [0.1, 0.15) is 290 Å². The lowest BCUT2D eigenvalue weighted by Gasteiger charge is -2.46. The monoisotopic (exact) mass is 1310 g/mol. The van der Waals surface area contributed by atoms with Crippen molar-refractivity contribution in [3.63, 3.8) is 0 Å². The van der Waals surface area contributed by atoms with Crippen LogP contribution in [0.3, 0.4) is 0 Å². The maximum atomic E-state index is 13.3. The van der Waals surface area contributed by atoms with Crippen LogP contribution in [0.2, 0.25) is 0 Å². The van der Waals surface area contributed by atoms with Crippen molar-refractivity contribution in [2.45, 2.75) is 364 Å². The minimum absolute atomic E-state index is 0.252. The Labute approximate surface area is 566 Å². The summed E-state index contributed by atoms with van der Waals surface area (Å²) in [6.07, 6.45) is 73.1. The molecule has 2 fully saturated rings. The molecule has 536 valence electrons. The molecule has 0 aliphatic carbocycles. The number of carbonyl (C=O) groups excluding carboxylic acids is 1. The van der Waals surface area contributed by atoms with E-state index in [2.05, 4.69) is 116 Å². The van der Waals surface area contributed by atoms with Gasteiger partial charge in [-0.25, -0.2) is 0 Å². The summed E-state index contributed by atoms with van der Waals surface area (Å²) < 4.78 is 22.8. The van der Waals surface area contributed by atoms with E-state index < -0.39 is 86.8 Å². The van der Waals surface area contributed by atoms with E-state index in [1.165, 1.54) is 173 Å². The van der Waals surface area contributed by atoms with E-state index in [4.69, 9.17) is 18.9 Å². The van der Waals surface area contributed by atoms with Crippen LogP contribution in [0.25, 0.3) is 0 Å². The fourth-order valence-electron chi connectivity index (χ4n) is 11.7. The molecular weight excluding hydrogens is 1170 g/mol. The molecule has 0 saturated carbocycles. The number of carbonyl (C=O) groups is 1. The van der Waals surface area contributed by atoms with Gasteiger partial charge in [-0.1, -0.05) is 297 Å². The fraction of sp³-hybridized carbons (Fsp3) is 0.759. The van der Waals surface area contributed by atoms with Crippen molar-refractivity contribution in [1.82, 2.24) is 5.32 Å². The Bertz CT molecular complexity index is 1980. The van der Waals surface area contributed by atoms with Crippen molar-refractivity contribution in [3.05, 3.63) is 109 Å². The number of rotatable bonds is 61. The van der Waals surface area contributed by atoms with Gasteiger partial charge < -0.3 is 65.1 Å². The molecule has 2 aliphatic rings. The number of hydrogen-bond acceptors (Lipinski definition) is 13. The van der Waals surface area contributed by atoms with Crippen LogP contribution in [0.15, 0.2) is 109 Å². The molecule has 0 aromatic heterocycles. The summed E-state index contributed by atoms with van der Waals surface area (Å²) in [5.41, 5.74) is 0. The molecule has 93 heavy (non-hydrogen) atoms. The highest BCUT2D eigenvalue weighted by Crippen LogP contribution is 2.30. The average Bonchev–Trinajstić information content (AvgIpc) is 0.958. The molecule has 14 nitrogen and oxygen atoms in total. The quantitative estimate of drug-likeness (QED) is 0.0204. The molecular formula is C79H137NO13. The molecule has 2 heterocycles. The maximum absolute atomic E-state index is 13.3. The summed E-state index contributed by atoms with van der Waals surface area (Å²) in [4.78, 5) is 13.3. The van der Waals surface area contributed by atoms with E-state index in [1.54, 1.807) is 6.08 Å². The van der Waals surface area contributed by atoms with Crippen molar-refractivity contribution >= 4 is 5.91 Å². The van der Waals surface area contributed by atoms with Crippen LogP contribution in [-0.2, 0) is 23.7 Å². The van der Waals surface area contributed by atoms with Gasteiger partial charge in [0.2, 0.25) is 5.91 Å². The van der Waals surface area contributed by atoms with Crippen LogP contribution in [0.4, 0.5) is 0 Å². The predicted molar refractivity (Wildman–Crippen MR) is 382 cm³/mol. The molecule has 9 N–H and O–H groups in total. The summed E-state index contributed by atoms with van der Waals surface area (Å²) in [5, 5.41) is 87.4. The highest BCUT2D eigenvalue weighted by molar-refractivity contribution is 5.76. The zero-order valence-electron chi connectivity index (χ0n) is 58.5. The van der Waals surface area contributed by atoms with Crippen molar-refractivity contribution in [2.24, 2.45) is 0 Å². The topological polar surface area (TPSA) is 228 Å². The minimum atomic E-state index is -1.80. The van der Waals surface area contributed by atoms with E-state index in [-0.39, 0.29) is 18.9 Å². The fourth-order valence-corrected chi connectivity index (χ4v) is 11.7. The average molecular weight is 1310 g/mol. The van der Waals surface area contributed by atoms with Crippen LogP contribution in [-0.4, -0.2) is 140 Å². The first-order valence-electron chi connectivity index (χ1n) is 37.6. The lowest BCUT2D eigenvalue weighted by atomic mass is 9.97. The Morgan fingerprint density at radius 3 is 1.18 bits per heavy atom. The highest BCUT2D eigenvalue weighted by atomic mass is 16.7. The number of ether oxygens (including phenoxy) is 4. The summed E-state index contributed by atoms with van der Waals surface area (Å²) in [6, 6.07) is -0.942. The third-order valence-electron chi connectivity index (χ3n) is 17.7. The van der Waals surface area contributed by atoms with Crippen molar-refractivity contribution in [1.29, 1.82) is 0 Å². The number of unbranched alkanes of at least 4 members (excludes halogenated alkanes) is 32. The third kappa shape index (κ3) is 45.7. The zero-order chi connectivity index (χ0) is 67.3.